The summed E-state index contributed by atoms with van der Waals surface area (Å²) < 4.78 is 0. The second kappa shape index (κ2) is 5.54. The van der Waals surface area contributed by atoms with Gasteiger partial charge in [0.25, 0.3) is 0 Å². The van der Waals surface area contributed by atoms with E-state index in [9.17, 15) is 0 Å². The first-order valence-corrected chi connectivity index (χ1v) is 4.63. The highest BCUT2D eigenvalue weighted by molar-refractivity contribution is 5.75. The molecule has 0 radical (unpaired) electrons. The third kappa shape index (κ3) is 4.27. The van der Waals surface area contributed by atoms with Gasteiger partial charge in [0, 0.05) is 0 Å². The molecule has 16 heavy (non-hydrogen) atoms. The normalized spacial score (nSPS) is 9.50. The number of aliphatic imine (C=N–C) groups is 2. The molecule has 0 aliphatic carbocycles. The minimum Gasteiger partial charge on any atom is -0.370 e. The Bertz CT molecular complexity index is 367. The number of pyridine rings is 1. The zero-order chi connectivity index (χ0) is 12.0. The first-order valence-electron chi connectivity index (χ1n) is 4.63. The molecule has 0 bridgehead atoms. The van der Waals surface area contributed by atoms with E-state index in [1.165, 1.54) is 0 Å². The van der Waals surface area contributed by atoms with E-state index in [1.54, 1.807) is 0 Å². The van der Waals surface area contributed by atoms with E-state index in [2.05, 4.69) is 15.0 Å². The van der Waals surface area contributed by atoms with Crippen molar-refractivity contribution >= 4 is 11.9 Å². The van der Waals surface area contributed by atoms with Gasteiger partial charge in [-0.2, -0.15) is 0 Å². The average molecular weight is 221 g/mol. The molecular weight excluding hydrogens is 206 g/mol. The fourth-order valence-corrected chi connectivity index (χ4v) is 1.05. The maximum Gasteiger partial charge on any atom is 0.186 e. The van der Waals surface area contributed by atoms with Crippen molar-refractivity contribution in [2.24, 2.45) is 32.9 Å². The van der Waals surface area contributed by atoms with E-state index in [0.29, 0.717) is 13.1 Å². The molecule has 8 N–H and O–H groups in total. The van der Waals surface area contributed by atoms with Gasteiger partial charge in [-0.1, -0.05) is 6.07 Å². The van der Waals surface area contributed by atoms with Crippen LogP contribution >= 0.6 is 0 Å². The lowest BCUT2D eigenvalue weighted by Crippen LogP contribution is -2.23. The predicted molar refractivity (Wildman–Crippen MR) is 63.3 cm³/mol. The Labute approximate surface area is 93.3 Å². The molecule has 0 saturated carbocycles. The van der Waals surface area contributed by atoms with E-state index in [0.717, 1.165) is 11.4 Å². The second-order valence-electron chi connectivity index (χ2n) is 3.10. The summed E-state index contributed by atoms with van der Waals surface area (Å²) in [6, 6.07) is 5.50. The first-order chi connectivity index (χ1) is 7.58. The van der Waals surface area contributed by atoms with Gasteiger partial charge in [-0.3, -0.25) is 4.98 Å². The molecule has 7 nitrogen and oxygen atoms in total. The Morgan fingerprint density at radius 3 is 1.75 bits per heavy atom. The van der Waals surface area contributed by atoms with Gasteiger partial charge in [-0.05, 0) is 12.1 Å². The summed E-state index contributed by atoms with van der Waals surface area (Å²) in [5.74, 6) is 0.0767. The summed E-state index contributed by atoms with van der Waals surface area (Å²) >= 11 is 0. The lowest BCUT2D eigenvalue weighted by Gasteiger charge is -2.00. The predicted octanol–water partition coefficient (Wildman–Crippen LogP) is -1.37. The smallest absolute Gasteiger partial charge is 0.186 e. The van der Waals surface area contributed by atoms with Gasteiger partial charge in [0.05, 0.1) is 24.5 Å². The number of nitrogens with zero attached hydrogens (tertiary/aromatic N) is 3. The van der Waals surface area contributed by atoms with E-state index >= 15 is 0 Å². The third-order valence-electron chi connectivity index (χ3n) is 1.71. The Hall–Kier alpha value is -2.31. The number of hydrogen-bond donors (Lipinski definition) is 4. The highest BCUT2D eigenvalue weighted by atomic mass is 15.0. The Morgan fingerprint density at radius 2 is 1.38 bits per heavy atom. The van der Waals surface area contributed by atoms with Crippen LogP contribution in [0, 0.1) is 0 Å². The number of hydrogen-bond acceptors (Lipinski definition) is 3. The van der Waals surface area contributed by atoms with Crippen LogP contribution in [0.2, 0.25) is 0 Å². The minimum atomic E-state index is 0.0384. The van der Waals surface area contributed by atoms with E-state index in [4.69, 9.17) is 22.9 Å². The topological polar surface area (TPSA) is 142 Å². The molecule has 86 valence electrons. The second-order valence-corrected chi connectivity index (χ2v) is 3.10. The van der Waals surface area contributed by atoms with Crippen molar-refractivity contribution in [3.63, 3.8) is 0 Å². The van der Waals surface area contributed by atoms with Crippen molar-refractivity contribution in [3.8, 4) is 0 Å². The largest absolute Gasteiger partial charge is 0.370 e. The lowest BCUT2D eigenvalue weighted by molar-refractivity contribution is 0.911. The Kier molecular flexibility index (Phi) is 4.07. The van der Waals surface area contributed by atoms with Crippen molar-refractivity contribution in [2.45, 2.75) is 13.1 Å². The molecule has 0 spiro atoms. The van der Waals surface area contributed by atoms with Crippen molar-refractivity contribution in [2.75, 3.05) is 0 Å². The van der Waals surface area contributed by atoms with Crippen LogP contribution in [0.5, 0.6) is 0 Å². The molecular formula is C9H15N7. The summed E-state index contributed by atoms with van der Waals surface area (Å²) in [5, 5.41) is 0. The van der Waals surface area contributed by atoms with Crippen LogP contribution in [0.3, 0.4) is 0 Å². The number of rotatable bonds is 4. The van der Waals surface area contributed by atoms with Crippen LogP contribution in [0.4, 0.5) is 0 Å². The van der Waals surface area contributed by atoms with Gasteiger partial charge < -0.3 is 22.9 Å². The van der Waals surface area contributed by atoms with Gasteiger partial charge in [-0.15, -0.1) is 0 Å². The highest BCUT2D eigenvalue weighted by Crippen LogP contribution is 2.02. The molecule has 7 heteroatoms. The highest BCUT2D eigenvalue weighted by Gasteiger charge is 1.97. The molecule has 0 atom stereocenters. The van der Waals surface area contributed by atoms with Crippen LogP contribution in [0.1, 0.15) is 11.4 Å². The maximum atomic E-state index is 5.22. The standard InChI is InChI=1S/C9H15N7/c10-8(11)14-4-6-2-1-3-7(16-6)5-15-9(12)13/h1-3H,4-5H2,(H4,10,11,14)(H4,12,13,15). The van der Waals surface area contributed by atoms with Crippen molar-refractivity contribution in [3.05, 3.63) is 29.6 Å². The third-order valence-corrected chi connectivity index (χ3v) is 1.71. The number of aromatic nitrogens is 1. The van der Waals surface area contributed by atoms with Crippen molar-refractivity contribution in [1.82, 2.24) is 4.98 Å². The molecule has 1 heterocycles. The fourth-order valence-electron chi connectivity index (χ4n) is 1.05. The van der Waals surface area contributed by atoms with Crippen molar-refractivity contribution in [1.29, 1.82) is 0 Å². The zero-order valence-electron chi connectivity index (χ0n) is 8.80. The van der Waals surface area contributed by atoms with Crippen LogP contribution in [0.15, 0.2) is 28.2 Å². The van der Waals surface area contributed by atoms with Gasteiger partial charge in [0.15, 0.2) is 11.9 Å². The van der Waals surface area contributed by atoms with Gasteiger partial charge in [0.2, 0.25) is 0 Å². The summed E-state index contributed by atoms with van der Waals surface area (Å²) in [6.45, 7) is 0.690. The van der Waals surface area contributed by atoms with E-state index in [1.807, 2.05) is 18.2 Å². The average Bonchev–Trinajstić information content (AvgIpc) is 2.24. The minimum absolute atomic E-state index is 0.0384. The molecule has 0 aromatic carbocycles. The van der Waals surface area contributed by atoms with E-state index < -0.39 is 0 Å². The summed E-state index contributed by atoms with van der Waals surface area (Å²) in [5.41, 5.74) is 22.4. The molecule has 0 aliphatic heterocycles. The van der Waals surface area contributed by atoms with Crippen molar-refractivity contribution < 1.29 is 0 Å². The number of nitrogens with two attached hydrogens (primary N) is 4. The SMILES string of the molecule is NC(N)=NCc1cccc(CN=C(N)N)n1. The quantitative estimate of drug-likeness (QED) is 0.366. The molecule has 0 aliphatic rings. The Balaban J connectivity index is 2.71. The lowest BCUT2D eigenvalue weighted by atomic mass is 10.3. The van der Waals surface area contributed by atoms with E-state index in [-0.39, 0.29) is 11.9 Å². The zero-order valence-corrected chi connectivity index (χ0v) is 8.80. The summed E-state index contributed by atoms with van der Waals surface area (Å²) in [7, 11) is 0. The monoisotopic (exact) mass is 221 g/mol. The number of guanidine groups is 2. The molecule has 1 rings (SSSR count). The molecule has 0 amide bonds. The van der Waals surface area contributed by atoms with Gasteiger partial charge in [-0.25, -0.2) is 9.98 Å². The molecule has 1 aromatic heterocycles. The maximum absolute atomic E-state index is 5.22. The van der Waals surface area contributed by atoms with Gasteiger partial charge in [0.1, 0.15) is 0 Å². The fraction of sp³-hybridized carbons (Fsp3) is 0.222. The van der Waals surface area contributed by atoms with Crippen LogP contribution < -0.4 is 22.9 Å². The first kappa shape index (κ1) is 11.8. The molecule has 0 saturated heterocycles. The van der Waals surface area contributed by atoms with Crippen LogP contribution in [0.25, 0.3) is 0 Å². The van der Waals surface area contributed by atoms with Crippen LogP contribution in [-0.4, -0.2) is 16.9 Å². The van der Waals surface area contributed by atoms with Crippen LogP contribution in [-0.2, 0) is 13.1 Å². The summed E-state index contributed by atoms with van der Waals surface area (Å²) in [4.78, 5) is 12.0. The molecule has 0 unspecified atom stereocenters. The molecule has 0 fully saturated rings. The molecule has 1 aromatic rings. The van der Waals surface area contributed by atoms with Gasteiger partial charge >= 0.3 is 0 Å². The Morgan fingerprint density at radius 1 is 0.938 bits per heavy atom. The summed E-state index contributed by atoms with van der Waals surface area (Å²) in [6.07, 6.45) is 0.